The number of benzene rings is 2. The summed E-state index contributed by atoms with van der Waals surface area (Å²) in [6.45, 7) is 0. The molecule has 0 unspecified atom stereocenters. The number of carbonyl (C=O) groups excluding carboxylic acids is 1. The molecule has 0 spiro atoms. The van der Waals surface area contributed by atoms with Crippen molar-refractivity contribution in [3.8, 4) is 0 Å². The highest BCUT2D eigenvalue weighted by atomic mass is 79.9. The maximum absolute atomic E-state index is 13.9. The summed E-state index contributed by atoms with van der Waals surface area (Å²) >= 11 is 9.37. The fraction of sp³-hybridized carbons (Fsp3) is 0. The summed E-state index contributed by atoms with van der Waals surface area (Å²) in [5, 5.41) is 0. The van der Waals surface area contributed by atoms with Crippen LogP contribution in [0.2, 0.25) is 0 Å². The maximum atomic E-state index is 13.9. The molecular formula is C16H8BrF2NOS2. The monoisotopic (exact) mass is 411 g/mol. The zero-order chi connectivity index (χ0) is 16.6. The molecule has 116 valence electrons. The smallest absolute Gasteiger partial charge is 0.268 e. The molecule has 1 fully saturated rings. The SMILES string of the molecule is O=C1/C(=C/c2ccc(F)c(Br)c2)SC(=S)N1c1ccccc1F. The van der Waals surface area contributed by atoms with E-state index >= 15 is 0 Å². The Labute approximate surface area is 149 Å². The van der Waals surface area contributed by atoms with Gasteiger partial charge in [0.1, 0.15) is 11.6 Å². The molecule has 1 heterocycles. The minimum Gasteiger partial charge on any atom is -0.268 e. The van der Waals surface area contributed by atoms with Gasteiger partial charge in [0.25, 0.3) is 5.91 Å². The third-order valence-electron chi connectivity index (χ3n) is 3.13. The molecule has 2 aromatic carbocycles. The zero-order valence-electron chi connectivity index (χ0n) is 11.4. The van der Waals surface area contributed by atoms with E-state index in [0.29, 0.717) is 14.9 Å². The Morgan fingerprint density at radius 3 is 2.57 bits per heavy atom. The number of nitrogens with zero attached hydrogens (tertiary/aromatic N) is 1. The average Bonchev–Trinajstić information content (AvgIpc) is 2.78. The van der Waals surface area contributed by atoms with Crippen molar-refractivity contribution in [2.75, 3.05) is 4.90 Å². The fourth-order valence-electron chi connectivity index (χ4n) is 2.06. The molecule has 1 aliphatic rings. The predicted molar refractivity (Wildman–Crippen MR) is 96.2 cm³/mol. The largest absolute Gasteiger partial charge is 0.270 e. The van der Waals surface area contributed by atoms with Crippen molar-refractivity contribution < 1.29 is 13.6 Å². The van der Waals surface area contributed by atoms with Gasteiger partial charge in [0.15, 0.2) is 4.32 Å². The van der Waals surface area contributed by atoms with E-state index in [1.807, 2.05) is 0 Å². The molecule has 1 amide bonds. The van der Waals surface area contributed by atoms with Gasteiger partial charge in [-0.3, -0.25) is 9.69 Å². The molecule has 0 N–H and O–H groups in total. The fourth-order valence-corrected chi connectivity index (χ4v) is 3.74. The van der Waals surface area contributed by atoms with Gasteiger partial charge in [-0.15, -0.1) is 0 Å². The number of amides is 1. The van der Waals surface area contributed by atoms with Crippen molar-refractivity contribution in [2.24, 2.45) is 0 Å². The molecule has 2 aromatic rings. The molecule has 1 aliphatic heterocycles. The van der Waals surface area contributed by atoms with Crippen molar-refractivity contribution in [1.82, 2.24) is 0 Å². The summed E-state index contributed by atoms with van der Waals surface area (Å²) in [5.41, 5.74) is 0.769. The Morgan fingerprint density at radius 1 is 1.13 bits per heavy atom. The second kappa shape index (κ2) is 6.51. The van der Waals surface area contributed by atoms with E-state index in [2.05, 4.69) is 15.9 Å². The number of hydrogen-bond acceptors (Lipinski definition) is 3. The Hall–Kier alpha value is -1.57. The first-order valence-electron chi connectivity index (χ1n) is 6.45. The third kappa shape index (κ3) is 3.22. The van der Waals surface area contributed by atoms with Crippen molar-refractivity contribution in [3.05, 3.63) is 69.0 Å². The number of thioether (sulfide) groups is 1. The first kappa shape index (κ1) is 16.3. The Kier molecular flexibility index (Phi) is 4.61. The van der Waals surface area contributed by atoms with Crippen LogP contribution in [0, 0.1) is 11.6 Å². The number of hydrogen-bond donors (Lipinski definition) is 0. The van der Waals surface area contributed by atoms with Gasteiger partial charge in [-0.2, -0.15) is 0 Å². The van der Waals surface area contributed by atoms with Gasteiger partial charge in [0, 0.05) is 0 Å². The van der Waals surface area contributed by atoms with Crippen molar-refractivity contribution >= 4 is 61.9 Å². The number of halogens is 3. The van der Waals surface area contributed by atoms with Crippen LogP contribution < -0.4 is 4.90 Å². The maximum Gasteiger partial charge on any atom is 0.270 e. The van der Waals surface area contributed by atoms with Crippen molar-refractivity contribution in [1.29, 1.82) is 0 Å². The van der Waals surface area contributed by atoms with E-state index in [-0.39, 0.29) is 15.8 Å². The summed E-state index contributed by atoms with van der Waals surface area (Å²) in [5.74, 6) is -1.30. The number of anilines is 1. The molecule has 0 aliphatic carbocycles. The highest BCUT2D eigenvalue weighted by Crippen LogP contribution is 2.37. The zero-order valence-corrected chi connectivity index (χ0v) is 14.6. The Morgan fingerprint density at radius 2 is 1.87 bits per heavy atom. The first-order valence-corrected chi connectivity index (χ1v) is 8.46. The first-order chi connectivity index (χ1) is 11.0. The quantitative estimate of drug-likeness (QED) is 0.504. The molecule has 0 bridgehead atoms. The van der Waals surface area contributed by atoms with Crippen LogP contribution in [-0.2, 0) is 4.79 Å². The van der Waals surface area contributed by atoms with Crippen LogP contribution in [0.1, 0.15) is 5.56 Å². The third-order valence-corrected chi connectivity index (χ3v) is 5.04. The van der Waals surface area contributed by atoms with Crippen LogP contribution in [-0.4, -0.2) is 10.2 Å². The molecule has 0 atom stereocenters. The van der Waals surface area contributed by atoms with Gasteiger partial charge < -0.3 is 0 Å². The summed E-state index contributed by atoms with van der Waals surface area (Å²) in [6.07, 6.45) is 1.60. The summed E-state index contributed by atoms with van der Waals surface area (Å²) in [6, 6.07) is 10.4. The lowest BCUT2D eigenvalue weighted by Gasteiger charge is -2.14. The van der Waals surface area contributed by atoms with Crippen LogP contribution in [0.15, 0.2) is 51.8 Å². The van der Waals surface area contributed by atoms with E-state index in [4.69, 9.17) is 12.2 Å². The highest BCUT2D eigenvalue weighted by Gasteiger charge is 2.34. The van der Waals surface area contributed by atoms with Gasteiger partial charge >= 0.3 is 0 Å². The molecular weight excluding hydrogens is 404 g/mol. The van der Waals surface area contributed by atoms with Crippen molar-refractivity contribution in [3.63, 3.8) is 0 Å². The van der Waals surface area contributed by atoms with E-state index in [0.717, 1.165) is 11.8 Å². The number of carbonyl (C=O) groups is 1. The van der Waals surface area contributed by atoms with E-state index in [1.54, 1.807) is 30.3 Å². The summed E-state index contributed by atoms with van der Waals surface area (Å²) < 4.78 is 27.7. The van der Waals surface area contributed by atoms with E-state index in [9.17, 15) is 13.6 Å². The number of rotatable bonds is 2. The Balaban J connectivity index is 1.96. The molecule has 23 heavy (non-hydrogen) atoms. The average molecular weight is 412 g/mol. The van der Waals surface area contributed by atoms with E-state index < -0.39 is 11.7 Å². The molecule has 2 nitrogen and oxygen atoms in total. The number of thiocarbonyl (C=S) groups is 1. The Bertz CT molecular complexity index is 854. The van der Waals surface area contributed by atoms with E-state index in [1.165, 1.54) is 23.1 Å². The van der Waals surface area contributed by atoms with Crippen LogP contribution in [0.3, 0.4) is 0 Å². The second-order valence-electron chi connectivity index (χ2n) is 4.64. The highest BCUT2D eigenvalue weighted by molar-refractivity contribution is 9.10. The van der Waals surface area contributed by atoms with Crippen LogP contribution in [0.25, 0.3) is 6.08 Å². The van der Waals surface area contributed by atoms with Gasteiger partial charge in [0.2, 0.25) is 0 Å². The minimum absolute atomic E-state index is 0.124. The molecule has 7 heteroatoms. The molecule has 0 saturated carbocycles. The molecule has 0 aromatic heterocycles. The summed E-state index contributed by atoms with van der Waals surface area (Å²) in [7, 11) is 0. The summed E-state index contributed by atoms with van der Waals surface area (Å²) in [4.78, 5) is 14.0. The van der Waals surface area contributed by atoms with Crippen molar-refractivity contribution in [2.45, 2.75) is 0 Å². The van der Waals surface area contributed by atoms with Gasteiger partial charge in [-0.05, 0) is 51.8 Å². The van der Waals surface area contributed by atoms with Gasteiger partial charge in [-0.1, -0.05) is 42.2 Å². The van der Waals surface area contributed by atoms with Gasteiger partial charge in [0.05, 0.1) is 15.1 Å². The second-order valence-corrected chi connectivity index (χ2v) is 7.17. The topological polar surface area (TPSA) is 20.3 Å². The van der Waals surface area contributed by atoms with Crippen LogP contribution in [0.5, 0.6) is 0 Å². The molecule has 1 saturated heterocycles. The normalized spacial score (nSPS) is 16.5. The predicted octanol–water partition coefficient (Wildman–Crippen LogP) is 5.13. The van der Waals surface area contributed by atoms with Gasteiger partial charge in [-0.25, -0.2) is 8.78 Å². The minimum atomic E-state index is -0.519. The van der Waals surface area contributed by atoms with Crippen LogP contribution in [0.4, 0.5) is 14.5 Å². The number of para-hydroxylation sites is 1. The standard InChI is InChI=1S/C16H8BrF2NOS2/c17-10-7-9(5-6-11(10)18)8-14-15(21)20(16(22)23-14)13-4-2-1-3-12(13)19/h1-8H/b14-8-. The lowest BCUT2D eigenvalue weighted by atomic mass is 10.2. The molecule has 0 radical (unpaired) electrons. The van der Waals surface area contributed by atoms with Crippen LogP contribution >= 0.6 is 39.9 Å². The lowest BCUT2D eigenvalue weighted by molar-refractivity contribution is -0.113. The molecule has 3 rings (SSSR count). The lowest BCUT2D eigenvalue weighted by Crippen LogP contribution is -2.28.